The largest absolute Gasteiger partial charge is 0.416 e. The molecular weight excluding hydrogens is 314 g/mol. The van der Waals surface area contributed by atoms with Gasteiger partial charge in [0.05, 0.1) is 18.3 Å². The third-order valence-electron chi connectivity index (χ3n) is 3.52. The first-order valence-electron chi connectivity index (χ1n) is 7.67. The highest BCUT2D eigenvalue weighted by Gasteiger charge is 2.16. The molecule has 122 valence electrons. The molecule has 2 aromatic rings. The fourth-order valence-corrected chi connectivity index (χ4v) is 2.96. The first kappa shape index (κ1) is 16.0. The van der Waals surface area contributed by atoms with E-state index in [0.29, 0.717) is 24.1 Å². The van der Waals surface area contributed by atoms with Gasteiger partial charge in [-0.15, -0.1) is 10.2 Å². The van der Waals surface area contributed by atoms with Crippen LogP contribution in [0.5, 0.6) is 0 Å². The van der Waals surface area contributed by atoms with Crippen LogP contribution in [0, 0.1) is 0 Å². The van der Waals surface area contributed by atoms with Crippen molar-refractivity contribution >= 4 is 17.7 Å². The topological polar surface area (TPSA) is 77.2 Å². The molecule has 6 nitrogen and oxygen atoms in total. The van der Waals surface area contributed by atoms with Crippen molar-refractivity contribution in [2.75, 3.05) is 18.9 Å². The van der Waals surface area contributed by atoms with Crippen LogP contribution in [0.2, 0.25) is 0 Å². The monoisotopic (exact) mass is 333 g/mol. The van der Waals surface area contributed by atoms with Crippen molar-refractivity contribution in [2.24, 2.45) is 0 Å². The fraction of sp³-hybridized carbons (Fsp3) is 0.438. The fourth-order valence-electron chi connectivity index (χ4n) is 2.35. The molecule has 1 aromatic carbocycles. The van der Waals surface area contributed by atoms with Crippen LogP contribution in [-0.2, 0) is 16.0 Å². The zero-order valence-electron chi connectivity index (χ0n) is 12.7. The first-order chi connectivity index (χ1) is 11.3. The van der Waals surface area contributed by atoms with Crippen molar-refractivity contribution < 1.29 is 13.9 Å². The zero-order valence-corrected chi connectivity index (χ0v) is 13.6. The van der Waals surface area contributed by atoms with Crippen LogP contribution in [0.3, 0.4) is 0 Å². The van der Waals surface area contributed by atoms with Gasteiger partial charge >= 0.3 is 0 Å². The number of ether oxygens (including phenoxy) is 1. The van der Waals surface area contributed by atoms with Crippen molar-refractivity contribution in [1.82, 2.24) is 15.5 Å². The Morgan fingerprint density at radius 3 is 2.96 bits per heavy atom. The molecule has 1 aromatic heterocycles. The molecule has 1 aliphatic rings. The molecule has 0 unspecified atom stereocenters. The molecule has 23 heavy (non-hydrogen) atoms. The minimum Gasteiger partial charge on any atom is -0.416 e. The number of carbonyl (C=O) groups excluding carboxylic acids is 1. The number of rotatable bonds is 7. The Morgan fingerprint density at radius 1 is 1.30 bits per heavy atom. The SMILES string of the molecule is O=C(CSc1nnc(Cc2ccccc2)o1)NC[C@@H]1CCCO1. The number of thioether (sulfide) groups is 1. The number of nitrogens with one attached hydrogen (secondary N) is 1. The predicted octanol–water partition coefficient (Wildman–Crippen LogP) is 2.05. The third-order valence-corrected chi connectivity index (χ3v) is 4.34. The second kappa shape index (κ2) is 8.12. The molecule has 0 aliphatic carbocycles. The van der Waals surface area contributed by atoms with E-state index >= 15 is 0 Å². The summed E-state index contributed by atoms with van der Waals surface area (Å²) in [5, 5.41) is 11.3. The summed E-state index contributed by atoms with van der Waals surface area (Å²) in [4.78, 5) is 11.8. The van der Waals surface area contributed by atoms with Gasteiger partial charge in [-0.2, -0.15) is 0 Å². The van der Waals surface area contributed by atoms with Gasteiger partial charge in [-0.3, -0.25) is 4.79 Å². The Bertz CT molecular complexity index is 627. The van der Waals surface area contributed by atoms with E-state index in [0.717, 1.165) is 25.0 Å². The summed E-state index contributed by atoms with van der Waals surface area (Å²) < 4.78 is 11.0. The molecule has 0 radical (unpaired) electrons. The van der Waals surface area contributed by atoms with E-state index in [2.05, 4.69) is 15.5 Å². The normalized spacial score (nSPS) is 17.3. The van der Waals surface area contributed by atoms with Crippen LogP contribution in [-0.4, -0.2) is 41.1 Å². The lowest BCUT2D eigenvalue weighted by atomic mass is 10.2. The molecule has 1 saturated heterocycles. The van der Waals surface area contributed by atoms with Gasteiger partial charge in [-0.25, -0.2) is 0 Å². The molecule has 0 saturated carbocycles. The molecule has 1 N–H and O–H groups in total. The lowest BCUT2D eigenvalue weighted by Crippen LogP contribution is -2.32. The quantitative estimate of drug-likeness (QED) is 0.782. The Kier molecular flexibility index (Phi) is 5.65. The van der Waals surface area contributed by atoms with Gasteiger partial charge in [-0.1, -0.05) is 42.1 Å². The van der Waals surface area contributed by atoms with Crippen molar-refractivity contribution in [3.05, 3.63) is 41.8 Å². The molecule has 1 amide bonds. The van der Waals surface area contributed by atoms with Crippen LogP contribution < -0.4 is 5.32 Å². The summed E-state index contributed by atoms with van der Waals surface area (Å²) in [6, 6.07) is 9.93. The molecule has 2 heterocycles. The maximum absolute atomic E-state index is 11.8. The standard InChI is InChI=1S/C16H19N3O3S/c20-14(17-10-13-7-4-8-21-13)11-23-16-19-18-15(22-16)9-12-5-2-1-3-6-12/h1-3,5-6,13H,4,7-11H2,(H,17,20)/t13-/m0/s1. The number of benzene rings is 1. The van der Waals surface area contributed by atoms with Crippen molar-refractivity contribution in [3.8, 4) is 0 Å². The molecule has 0 spiro atoms. The van der Waals surface area contributed by atoms with E-state index in [4.69, 9.17) is 9.15 Å². The second-order valence-electron chi connectivity index (χ2n) is 5.35. The van der Waals surface area contributed by atoms with Crippen LogP contribution in [0.4, 0.5) is 0 Å². The highest BCUT2D eigenvalue weighted by molar-refractivity contribution is 7.99. The molecule has 0 bridgehead atoms. The van der Waals surface area contributed by atoms with Gasteiger partial charge in [0.1, 0.15) is 0 Å². The van der Waals surface area contributed by atoms with Crippen LogP contribution >= 0.6 is 11.8 Å². The second-order valence-corrected chi connectivity index (χ2v) is 6.28. The minimum absolute atomic E-state index is 0.0479. The van der Waals surface area contributed by atoms with Gasteiger partial charge < -0.3 is 14.5 Å². The van der Waals surface area contributed by atoms with Crippen LogP contribution in [0.25, 0.3) is 0 Å². The number of amides is 1. The zero-order chi connectivity index (χ0) is 15.9. The number of carbonyl (C=O) groups is 1. The summed E-state index contributed by atoms with van der Waals surface area (Å²) >= 11 is 1.25. The maximum Gasteiger partial charge on any atom is 0.277 e. The molecular formula is C16H19N3O3S. The van der Waals surface area contributed by atoms with Gasteiger partial charge in [0.2, 0.25) is 11.8 Å². The van der Waals surface area contributed by atoms with Crippen LogP contribution in [0.1, 0.15) is 24.3 Å². The Balaban J connectivity index is 1.41. The molecule has 7 heteroatoms. The van der Waals surface area contributed by atoms with Crippen LogP contribution in [0.15, 0.2) is 40.0 Å². The summed E-state index contributed by atoms with van der Waals surface area (Å²) in [5.41, 5.74) is 1.11. The number of hydrogen-bond donors (Lipinski definition) is 1. The van der Waals surface area contributed by atoms with Crippen molar-refractivity contribution in [1.29, 1.82) is 0 Å². The Labute approximate surface area is 139 Å². The summed E-state index contributed by atoms with van der Waals surface area (Å²) in [6.07, 6.45) is 2.84. The maximum atomic E-state index is 11.8. The molecule has 1 fully saturated rings. The molecule has 1 atom stereocenters. The average molecular weight is 333 g/mol. The van der Waals surface area contributed by atoms with E-state index in [1.165, 1.54) is 11.8 Å². The van der Waals surface area contributed by atoms with E-state index in [1.54, 1.807) is 0 Å². The minimum atomic E-state index is -0.0479. The molecule has 3 rings (SSSR count). The number of hydrogen-bond acceptors (Lipinski definition) is 6. The number of aromatic nitrogens is 2. The predicted molar refractivity (Wildman–Crippen MR) is 86.3 cm³/mol. The van der Waals surface area contributed by atoms with Gasteiger partial charge in [0, 0.05) is 13.2 Å². The van der Waals surface area contributed by atoms with Gasteiger partial charge in [0.25, 0.3) is 5.22 Å². The van der Waals surface area contributed by atoms with Gasteiger partial charge in [0.15, 0.2) is 0 Å². The first-order valence-corrected chi connectivity index (χ1v) is 8.65. The highest BCUT2D eigenvalue weighted by Crippen LogP contribution is 2.17. The highest BCUT2D eigenvalue weighted by atomic mass is 32.2. The van der Waals surface area contributed by atoms with Gasteiger partial charge in [-0.05, 0) is 18.4 Å². The lowest BCUT2D eigenvalue weighted by molar-refractivity contribution is -0.119. The van der Waals surface area contributed by atoms with Crippen molar-refractivity contribution in [3.63, 3.8) is 0 Å². The lowest BCUT2D eigenvalue weighted by Gasteiger charge is -2.09. The summed E-state index contributed by atoms with van der Waals surface area (Å²) in [6.45, 7) is 1.37. The molecule has 1 aliphatic heterocycles. The summed E-state index contributed by atoms with van der Waals surface area (Å²) in [5.74, 6) is 0.770. The third kappa shape index (κ3) is 5.07. The smallest absolute Gasteiger partial charge is 0.277 e. The Morgan fingerprint density at radius 2 is 2.17 bits per heavy atom. The number of nitrogens with zero attached hydrogens (tertiary/aromatic N) is 2. The van der Waals surface area contributed by atoms with E-state index < -0.39 is 0 Å². The van der Waals surface area contributed by atoms with E-state index in [-0.39, 0.29) is 17.8 Å². The van der Waals surface area contributed by atoms with E-state index in [9.17, 15) is 4.79 Å². The summed E-state index contributed by atoms with van der Waals surface area (Å²) in [7, 11) is 0. The Hall–Kier alpha value is -1.86. The average Bonchev–Trinajstić information content (AvgIpc) is 3.24. The van der Waals surface area contributed by atoms with Crippen molar-refractivity contribution in [2.45, 2.75) is 30.6 Å². The van der Waals surface area contributed by atoms with E-state index in [1.807, 2.05) is 30.3 Å².